The minimum atomic E-state index is -0.813. The SMILES string of the molecule is CC(=O)CC(CC(=O)O)CC(C)C. The van der Waals surface area contributed by atoms with Gasteiger partial charge in [-0.15, -0.1) is 0 Å². The minimum Gasteiger partial charge on any atom is -0.481 e. The van der Waals surface area contributed by atoms with Crippen molar-refractivity contribution in [2.45, 2.75) is 40.0 Å². The van der Waals surface area contributed by atoms with Crippen LogP contribution in [0.25, 0.3) is 0 Å². The van der Waals surface area contributed by atoms with Gasteiger partial charge in [0.1, 0.15) is 5.78 Å². The Labute approximate surface area is 79.1 Å². The molecule has 0 aliphatic carbocycles. The Hall–Kier alpha value is -0.860. The molecule has 0 heterocycles. The molecule has 0 aromatic rings. The van der Waals surface area contributed by atoms with Crippen LogP contribution >= 0.6 is 0 Å². The van der Waals surface area contributed by atoms with Gasteiger partial charge in [-0.05, 0) is 25.2 Å². The number of carboxylic acid groups (broad SMARTS) is 1. The molecule has 0 aromatic carbocycles. The lowest BCUT2D eigenvalue weighted by atomic mass is 9.90. The van der Waals surface area contributed by atoms with Gasteiger partial charge in [-0.25, -0.2) is 0 Å². The van der Waals surface area contributed by atoms with E-state index in [2.05, 4.69) is 0 Å². The first-order chi connectivity index (χ1) is 5.91. The number of rotatable bonds is 6. The predicted octanol–water partition coefficient (Wildman–Crippen LogP) is 2.10. The zero-order valence-electron chi connectivity index (χ0n) is 8.54. The molecule has 0 saturated heterocycles. The van der Waals surface area contributed by atoms with Crippen LogP contribution in [-0.4, -0.2) is 16.9 Å². The third-order valence-corrected chi connectivity index (χ3v) is 1.84. The van der Waals surface area contributed by atoms with E-state index >= 15 is 0 Å². The highest BCUT2D eigenvalue weighted by atomic mass is 16.4. The molecule has 1 N–H and O–H groups in total. The molecule has 0 amide bonds. The third kappa shape index (κ3) is 7.50. The van der Waals surface area contributed by atoms with E-state index in [0.29, 0.717) is 12.3 Å². The molecule has 0 fully saturated rings. The highest BCUT2D eigenvalue weighted by molar-refractivity contribution is 5.76. The number of carboxylic acids is 1. The quantitative estimate of drug-likeness (QED) is 0.691. The van der Waals surface area contributed by atoms with E-state index in [1.165, 1.54) is 6.92 Å². The highest BCUT2D eigenvalue weighted by Gasteiger charge is 2.16. The Kier molecular flexibility index (Phi) is 5.35. The van der Waals surface area contributed by atoms with Crippen LogP contribution in [0, 0.1) is 11.8 Å². The summed E-state index contributed by atoms with van der Waals surface area (Å²) in [7, 11) is 0. The molecule has 1 unspecified atom stereocenters. The van der Waals surface area contributed by atoms with E-state index in [0.717, 1.165) is 6.42 Å². The maximum Gasteiger partial charge on any atom is 0.303 e. The van der Waals surface area contributed by atoms with Crippen molar-refractivity contribution in [3.05, 3.63) is 0 Å². The topological polar surface area (TPSA) is 54.4 Å². The molecule has 0 aliphatic heterocycles. The molecular weight excluding hydrogens is 168 g/mol. The summed E-state index contributed by atoms with van der Waals surface area (Å²) in [4.78, 5) is 21.3. The lowest BCUT2D eigenvalue weighted by Crippen LogP contribution is -2.13. The maximum atomic E-state index is 10.8. The van der Waals surface area contributed by atoms with Crippen molar-refractivity contribution < 1.29 is 14.7 Å². The first-order valence-corrected chi connectivity index (χ1v) is 4.63. The number of Topliss-reactive ketones (excluding diaryl/α,β-unsaturated/α-hetero) is 1. The second-order valence-electron chi connectivity index (χ2n) is 4.00. The lowest BCUT2D eigenvalue weighted by molar-refractivity contribution is -0.138. The summed E-state index contributed by atoms with van der Waals surface area (Å²) in [5, 5.41) is 8.60. The molecule has 0 radical (unpaired) electrons. The van der Waals surface area contributed by atoms with Crippen LogP contribution in [0.2, 0.25) is 0 Å². The molecule has 3 heteroatoms. The van der Waals surface area contributed by atoms with Crippen LogP contribution in [0.4, 0.5) is 0 Å². The van der Waals surface area contributed by atoms with E-state index in [-0.39, 0.29) is 18.1 Å². The van der Waals surface area contributed by atoms with E-state index in [9.17, 15) is 9.59 Å². The normalized spacial score (nSPS) is 12.9. The van der Waals surface area contributed by atoms with Crippen molar-refractivity contribution in [3.8, 4) is 0 Å². The fourth-order valence-electron chi connectivity index (χ4n) is 1.56. The van der Waals surface area contributed by atoms with Gasteiger partial charge in [0.25, 0.3) is 0 Å². The van der Waals surface area contributed by atoms with Gasteiger partial charge in [0, 0.05) is 12.8 Å². The summed E-state index contributed by atoms with van der Waals surface area (Å²) in [6, 6.07) is 0. The van der Waals surface area contributed by atoms with Crippen molar-refractivity contribution in [1.29, 1.82) is 0 Å². The van der Waals surface area contributed by atoms with Crippen molar-refractivity contribution >= 4 is 11.8 Å². The first-order valence-electron chi connectivity index (χ1n) is 4.63. The van der Waals surface area contributed by atoms with Crippen LogP contribution in [0.15, 0.2) is 0 Å². The summed E-state index contributed by atoms with van der Waals surface area (Å²) in [6.07, 6.45) is 1.31. The van der Waals surface area contributed by atoms with E-state index in [4.69, 9.17) is 5.11 Å². The maximum absolute atomic E-state index is 10.8. The average Bonchev–Trinajstić information content (AvgIpc) is 1.80. The fourth-order valence-corrected chi connectivity index (χ4v) is 1.56. The molecule has 0 aromatic heterocycles. The van der Waals surface area contributed by atoms with Crippen molar-refractivity contribution in [2.24, 2.45) is 11.8 Å². The number of carbonyl (C=O) groups is 2. The zero-order valence-corrected chi connectivity index (χ0v) is 8.54. The standard InChI is InChI=1S/C10H18O3/c1-7(2)4-9(5-8(3)11)6-10(12)13/h7,9H,4-6H2,1-3H3,(H,12,13). The summed E-state index contributed by atoms with van der Waals surface area (Å²) in [5.41, 5.74) is 0. The largest absolute Gasteiger partial charge is 0.481 e. The molecule has 0 saturated carbocycles. The van der Waals surface area contributed by atoms with Gasteiger partial charge in [-0.3, -0.25) is 4.79 Å². The van der Waals surface area contributed by atoms with Crippen molar-refractivity contribution in [1.82, 2.24) is 0 Å². The van der Waals surface area contributed by atoms with Gasteiger partial charge in [-0.2, -0.15) is 0 Å². The average molecular weight is 186 g/mol. The van der Waals surface area contributed by atoms with Gasteiger partial charge in [0.05, 0.1) is 0 Å². The van der Waals surface area contributed by atoms with Gasteiger partial charge < -0.3 is 9.90 Å². The summed E-state index contributed by atoms with van der Waals surface area (Å²) >= 11 is 0. The Morgan fingerprint density at radius 1 is 1.23 bits per heavy atom. The summed E-state index contributed by atoms with van der Waals surface area (Å²) in [6.45, 7) is 5.58. The fraction of sp³-hybridized carbons (Fsp3) is 0.800. The Bertz CT molecular complexity index is 169. The van der Waals surface area contributed by atoms with E-state index in [1.54, 1.807) is 0 Å². The molecule has 0 bridgehead atoms. The van der Waals surface area contributed by atoms with Gasteiger partial charge in [0.2, 0.25) is 0 Å². The van der Waals surface area contributed by atoms with Crippen molar-refractivity contribution in [2.75, 3.05) is 0 Å². The molecular formula is C10H18O3. The molecule has 0 spiro atoms. The summed E-state index contributed by atoms with van der Waals surface area (Å²) < 4.78 is 0. The second kappa shape index (κ2) is 5.73. The Morgan fingerprint density at radius 2 is 1.77 bits per heavy atom. The zero-order chi connectivity index (χ0) is 10.4. The molecule has 0 aliphatic rings. The number of carbonyl (C=O) groups excluding carboxylic acids is 1. The van der Waals surface area contributed by atoms with Crippen LogP contribution in [0.1, 0.15) is 40.0 Å². The predicted molar refractivity (Wildman–Crippen MR) is 50.5 cm³/mol. The highest BCUT2D eigenvalue weighted by Crippen LogP contribution is 2.19. The minimum absolute atomic E-state index is 0.00926. The Balaban J connectivity index is 4.02. The molecule has 3 nitrogen and oxygen atoms in total. The molecule has 1 atom stereocenters. The van der Waals surface area contributed by atoms with E-state index in [1.807, 2.05) is 13.8 Å². The number of aliphatic carboxylic acids is 1. The second-order valence-corrected chi connectivity index (χ2v) is 4.00. The van der Waals surface area contributed by atoms with Crippen LogP contribution in [0.3, 0.4) is 0 Å². The lowest BCUT2D eigenvalue weighted by Gasteiger charge is -2.14. The van der Waals surface area contributed by atoms with Crippen LogP contribution < -0.4 is 0 Å². The Morgan fingerprint density at radius 3 is 2.08 bits per heavy atom. The number of hydrogen-bond acceptors (Lipinski definition) is 2. The molecule has 76 valence electrons. The smallest absolute Gasteiger partial charge is 0.303 e. The summed E-state index contributed by atoms with van der Waals surface area (Å²) in [5.74, 6) is -0.280. The molecule has 13 heavy (non-hydrogen) atoms. The van der Waals surface area contributed by atoms with Crippen LogP contribution in [-0.2, 0) is 9.59 Å². The first kappa shape index (κ1) is 12.1. The van der Waals surface area contributed by atoms with E-state index < -0.39 is 5.97 Å². The third-order valence-electron chi connectivity index (χ3n) is 1.84. The van der Waals surface area contributed by atoms with Crippen LogP contribution in [0.5, 0.6) is 0 Å². The van der Waals surface area contributed by atoms with Gasteiger partial charge in [-0.1, -0.05) is 13.8 Å². The molecule has 0 rings (SSSR count). The van der Waals surface area contributed by atoms with Gasteiger partial charge >= 0.3 is 5.97 Å². The van der Waals surface area contributed by atoms with Gasteiger partial charge in [0.15, 0.2) is 0 Å². The number of ketones is 1. The number of hydrogen-bond donors (Lipinski definition) is 1. The monoisotopic (exact) mass is 186 g/mol. The van der Waals surface area contributed by atoms with Crippen molar-refractivity contribution in [3.63, 3.8) is 0 Å².